The summed E-state index contributed by atoms with van der Waals surface area (Å²) in [6.07, 6.45) is 4.59. The highest BCUT2D eigenvalue weighted by Gasteiger charge is 2.18. The van der Waals surface area contributed by atoms with E-state index in [1.165, 1.54) is 11.0 Å². The molecule has 0 fully saturated rings. The number of halogens is 1. The van der Waals surface area contributed by atoms with Crippen molar-refractivity contribution in [3.63, 3.8) is 0 Å². The molecule has 0 aromatic carbocycles. The maximum Gasteiger partial charge on any atom is 0.257 e. The smallest absolute Gasteiger partial charge is 0.257 e. The molecule has 2 aromatic rings. The molecule has 2 rings (SSSR count). The second-order valence-corrected chi connectivity index (χ2v) is 4.48. The van der Waals surface area contributed by atoms with E-state index in [0.717, 1.165) is 11.8 Å². The lowest BCUT2D eigenvalue weighted by Gasteiger charge is -2.17. The number of carbonyl (C=O) groups is 1. The van der Waals surface area contributed by atoms with Crippen molar-refractivity contribution in [1.29, 1.82) is 0 Å². The van der Waals surface area contributed by atoms with E-state index in [4.69, 9.17) is 0 Å². The van der Waals surface area contributed by atoms with Gasteiger partial charge in [-0.2, -0.15) is 5.10 Å². The molecule has 0 aliphatic heterocycles. The van der Waals surface area contributed by atoms with Gasteiger partial charge in [-0.15, -0.1) is 0 Å². The Kier molecular flexibility index (Phi) is 3.97. The SMILES string of the molecule is CNc1ncc(F)cc1C(=O)N(C)Cc1cnn(C)c1. The van der Waals surface area contributed by atoms with Gasteiger partial charge in [0.25, 0.3) is 5.91 Å². The summed E-state index contributed by atoms with van der Waals surface area (Å²) in [5, 5.41) is 6.83. The van der Waals surface area contributed by atoms with Crippen LogP contribution in [0.3, 0.4) is 0 Å². The molecule has 1 N–H and O–H groups in total. The Hall–Kier alpha value is -2.44. The summed E-state index contributed by atoms with van der Waals surface area (Å²) in [6, 6.07) is 1.18. The van der Waals surface area contributed by atoms with Crippen molar-refractivity contribution in [1.82, 2.24) is 19.7 Å². The molecule has 0 aliphatic carbocycles. The van der Waals surface area contributed by atoms with Crippen LogP contribution in [0.2, 0.25) is 0 Å². The van der Waals surface area contributed by atoms with Crippen molar-refractivity contribution in [2.24, 2.45) is 7.05 Å². The number of carbonyl (C=O) groups excluding carboxylic acids is 1. The van der Waals surface area contributed by atoms with Crippen LogP contribution in [0.25, 0.3) is 0 Å². The molecule has 2 aromatic heterocycles. The molecular formula is C13H16FN5O. The first-order valence-corrected chi connectivity index (χ1v) is 6.07. The average Bonchev–Trinajstić information content (AvgIpc) is 2.83. The second kappa shape index (κ2) is 5.68. The van der Waals surface area contributed by atoms with E-state index in [9.17, 15) is 9.18 Å². The number of nitrogens with zero attached hydrogens (tertiary/aromatic N) is 4. The first kappa shape index (κ1) is 14.0. The summed E-state index contributed by atoms with van der Waals surface area (Å²) >= 11 is 0. The molecule has 6 nitrogen and oxygen atoms in total. The summed E-state index contributed by atoms with van der Waals surface area (Å²) < 4.78 is 14.9. The van der Waals surface area contributed by atoms with Crippen LogP contribution in [-0.2, 0) is 13.6 Å². The van der Waals surface area contributed by atoms with Crippen LogP contribution in [0.15, 0.2) is 24.7 Å². The number of nitrogens with one attached hydrogen (secondary N) is 1. The number of pyridine rings is 1. The van der Waals surface area contributed by atoms with Crippen LogP contribution < -0.4 is 5.32 Å². The van der Waals surface area contributed by atoms with Gasteiger partial charge in [0.2, 0.25) is 0 Å². The maximum atomic E-state index is 13.3. The number of hydrogen-bond donors (Lipinski definition) is 1. The molecule has 0 spiro atoms. The first-order chi connectivity index (χ1) is 9.51. The third-order valence-electron chi connectivity index (χ3n) is 2.85. The molecule has 0 aliphatic rings. The predicted molar refractivity (Wildman–Crippen MR) is 72.7 cm³/mol. The summed E-state index contributed by atoms with van der Waals surface area (Å²) in [4.78, 5) is 17.7. The molecule has 0 atom stereocenters. The van der Waals surface area contributed by atoms with Crippen LogP contribution >= 0.6 is 0 Å². The standard InChI is InChI=1S/C13H16FN5O/c1-15-12-11(4-10(14)6-16-12)13(20)18(2)7-9-5-17-19(3)8-9/h4-6,8H,7H2,1-3H3,(H,15,16). The fourth-order valence-electron chi connectivity index (χ4n) is 1.91. The largest absolute Gasteiger partial charge is 0.372 e. The van der Waals surface area contributed by atoms with Gasteiger partial charge in [-0.05, 0) is 6.07 Å². The summed E-state index contributed by atoms with van der Waals surface area (Å²) in [5.41, 5.74) is 1.11. The third-order valence-corrected chi connectivity index (χ3v) is 2.85. The van der Waals surface area contributed by atoms with E-state index < -0.39 is 5.82 Å². The fourth-order valence-corrected chi connectivity index (χ4v) is 1.91. The molecule has 0 unspecified atom stereocenters. The van der Waals surface area contributed by atoms with Gasteiger partial charge in [-0.25, -0.2) is 9.37 Å². The van der Waals surface area contributed by atoms with Crippen molar-refractivity contribution < 1.29 is 9.18 Å². The lowest BCUT2D eigenvalue weighted by molar-refractivity contribution is 0.0785. The first-order valence-electron chi connectivity index (χ1n) is 6.07. The van der Waals surface area contributed by atoms with E-state index in [2.05, 4.69) is 15.4 Å². The maximum absolute atomic E-state index is 13.3. The van der Waals surface area contributed by atoms with Gasteiger partial charge in [0, 0.05) is 39.4 Å². The minimum Gasteiger partial charge on any atom is -0.372 e. The topological polar surface area (TPSA) is 63.1 Å². The Morgan fingerprint density at radius 2 is 2.25 bits per heavy atom. The average molecular weight is 277 g/mol. The highest BCUT2D eigenvalue weighted by molar-refractivity contribution is 5.98. The zero-order valence-electron chi connectivity index (χ0n) is 11.6. The Labute approximate surface area is 116 Å². The highest BCUT2D eigenvalue weighted by Crippen LogP contribution is 2.16. The molecule has 7 heteroatoms. The van der Waals surface area contributed by atoms with Crippen molar-refractivity contribution in [2.45, 2.75) is 6.54 Å². The Balaban J connectivity index is 2.20. The van der Waals surface area contributed by atoms with Crippen LogP contribution in [0, 0.1) is 5.82 Å². The van der Waals surface area contributed by atoms with Gasteiger partial charge in [0.15, 0.2) is 0 Å². The Bertz CT molecular complexity index is 625. The van der Waals surface area contributed by atoms with Crippen molar-refractivity contribution in [2.75, 3.05) is 19.4 Å². The third kappa shape index (κ3) is 2.93. The minimum atomic E-state index is -0.540. The van der Waals surface area contributed by atoms with E-state index in [0.29, 0.717) is 12.4 Å². The van der Waals surface area contributed by atoms with Gasteiger partial charge in [-0.3, -0.25) is 9.48 Å². The van der Waals surface area contributed by atoms with Crippen LogP contribution in [0.4, 0.5) is 10.2 Å². The minimum absolute atomic E-state index is 0.207. The van der Waals surface area contributed by atoms with Crippen molar-refractivity contribution >= 4 is 11.7 Å². The molecule has 0 saturated carbocycles. The van der Waals surface area contributed by atoms with Gasteiger partial charge in [-0.1, -0.05) is 0 Å². The molecular weight excluding hydrogens is 261 g/mol. The molecule has 106 valence electrons. The molecule has 0 bridgehead atoms. The monoisotopic (exact) mass is 277 g/mol. The number of aromatic nitrogens is 3. The lowest BCUT2D eigenvalue weighted by atomic mass is 10.2. The predicted octanol–water partition coefficient (Wildman–Crippen LogP) is 1.27. The lowest BCUT2D eigenvalue weighted by Crippen LogP contribution is -2.27. The van der Waals surface area contributed by atoms with Gasteiger partial charge in [0.1, 0.15) is 11.6 Å². The zero-order chi connectivity index (χ0) is 14.7. The quantitative estimate of drug-likeness (QED) is 0.914. The number of rotatable bonds is 4. The van der Waals surface area contributed by atoms with Gasteiger partial charge >= 0.3 is 0 Å². The van der Waals surface area contributed by atoms with Crippen LogP contribution in [-0.4, -0.2) is 39.7 Å². The van der Waals surface area contributed by atoms with Crippen molar-refractivity contribution in [3.8, 4) is 0 Å². The Morgan fingerprint density at radius 3 is 2.85 bits per heavy atom. The summed E-state index contributed by atoms with van der Waals surface area (Å²) in [7, 11) is 5.10. The molecule has 0 saturated heterocycles. The van der Waals surface area contributed by atoms with E-state index >= 15 is 0 Å². The summed E-state index contributed by atoms with van der Waals surface area (Å²) in [5.74, 6) is -0.484. The Morgan fingerprint density at radius 1 is 1.50 bits per heavy atom. The molecule has 2 heterocycles. The van der Waals surface area contributed by atoms with Crippen LogP contribution in [0.1, 0.15) is 15.9 Å². The van der Waals surface area contributed by atoms with Gasteiger partial charge < -0.3 is 10.2 Å². The summed E-state index contributed by atoms with van der Waals surface area (Å²) in [6.45, 7) is 0.395. The zero-order valence-corrected chi connectivity index (χ0v) is 11.6. The highest BCUT2D eigenvalue weighted by atomic mass is 19.1. The number of amides is 1. The van der Waals surface area contributed by atoms with E-state index in [1.54, 1.807) is 32.0 Å². The van der Waals surface area contributed by atoms with E-state index in [-0.39, 0.29) is 11.5 Å². The van der Waals surface area contributed by atoms with Gasteiger partial charge in [0.05, 0.1) is 18.0 Å². The molecule has 20 heavy (non-hydrogen) atoms. The molecule has 1 amide bonds. The number of hydrogen-bond acceptors (Lipinski definition) is 4. The van der Waals surface area contributed by atoms with Crippen LogP contribution in [0.5, 0.6) is 0 Å². The van der Waals surface area contributed by atoms with E-state index in [1.807, 2.05) is 6.20 Å². The normalized spacial score (nSPS) is 10.4. The fraction of sp³-hybridized carbons (Fsp3) is 0.308. The number of anilines is 1. The number of aryl methyl sites for hydroxylation is 1. The second-order valence-electron chi connectivity index (χ2n) is 4.48. The van der Waals surface area contributed by atoms with Crippen molar-refractivity contribution in [3.05, 3.63) is 41.6 Å². The molecule has 0 radical (unpaired) electrons.